The average molecular weight is 591 g/mol. The molecule has 7 aromatic carbocycles. The Balaban J connectivity index is 1.31. The molecule has 2 aliphatic rings. The summed E-state index contributed by atoms with van der Waals surface area (Å²) in [6.45, 7) is 0. The van der Waals surface area contributed by atoms with Crippen molar-refractivity contribution in [1.82, 2.24) is 4.57 Å². The lowest BCUT2D eigenvalue weighted by atomic mass is 9.58. The number of benzene rings is 7. The Bertz CT molecular complexity index is 2760. The third kappa shape index (κ3) is 3.13. The first-order valence-corrected chi connectivity index (χ1v) is 16.2. The summed E-state index contributed by atoms with van der Waals surface area (Å²) in [6.07, 6.45) is 0. The van der Waals surface area contributed by atoms with Gasteiger partial charge in [0.25, 0.3) is 0 Å². The molecule has 0 fully saturated rings. The summed E-state index contributed by atoms with van der Waals surface area (Å²) in [7, 11) is 0.846. The lowest BCUT2D eigenvalue weighted by molar-refractivity contribution is 0.669. The fraction of sp³-hybridized carbons (Fsp3) is 0. The van der Waals surface area contributed by atoms with E-state index >= 15 is 0 Å². The van der Waals surface area contributed by atoms with Crippen molar-refractivity contribution in [3.8, 4) is 16.8 Å². The predicted octanol–water partition coefficient (Wildman–Crippen LogP) is 9.41. The molecule has 45 heavy (non-hydrogen) atoms. The fourth-order valence-electron chi connectivity index (χ4n) is 7.95. The van der Waals surface area contributed by atoms with Crippen LogP contribution < -0.4 is 16.2 Å². The number of hydrogen-bond acceptors (Lipinski definition) is 3. The van der Waals surface area contributed by atoms with Crippen LogP contribution in [0.1, 0.15) is 0 Å². The molecule has 3 nitrogen and oxygen atoms in total. The first kappa shape index (κ1) is 24.0. The van der Waals surface area contributed by atoms with Gasteiger partial charge in [-0.3, -0.25) is 0 Å². The number of furan rings is 1. The zero-order chi connectivity index (χ0) is 29.2. The summed E-state index contributed by atoms with van der Waals surface area (Å²) in [6, 6.07) is 46.3. The monoisotopic (exact) mass is 590 g/mol. The molecule has 0 atom stereocenters. The molecule has 4 heterocycles. The van der Waals surface area contributed by atoms with Gasteiger partial charge in [0.15, 0.2) is 7.28 Å². The van der Waals surface area contributed by atoms with Crippen molar-refractivity contribution >= 4 is 95.9 Å². The number of aromatic nitrogens is 1. The van der Waals surface area contributed by atoms with Gasteiger partial charge in [-0.1, -0.05) is 108 Å². The molecule has 0 unspecified atom stereocenters. The van der Waals surface area contributed by atoms with Crippen LogP contribution in [0.5, 0.6) is 0 Å². The van der Waals surface area contributed by atoms with E-state index in [9.17, 15) is 0 Å². The van der Waals surface area contributed by atoms with E-state index in [1.54, 1.807) is 0 Å². The molecular weight excluding hydrogens is 567 g/mol. The van der Waals surface area contributed by atoms with Crippen molar-refractivity contribution in [3.05, 3.63) is 127 Å². The van der Waals surface area contributed by atoms with Crippen molar-refractivity contribution < 1.29 is 4.42 Å². The molecule has 1 N–H and O–H groups in total. The molecule has 0 radical (unpaired) electrons. The summed E-state index contributed by atoms with van der Waals surface area (Å²) in [5.41, 5.74) is 13.0. The van der Waals surface area contributed by atoms with Crippen LogP contribution in [-0.2, 0) is 0 Å². The molecule has 0 bridgehead atoms. The molecule has 2 aliphatic heterocycles. The highest BCUT2D eigenvalue weighted by atomic mass is 32.2. The number of fused-ring (bicyclic) bond motifs is 12. The molecule has 11 rings (SSSR count). The molecule has 0 saturated heterocycles. The van der Waals surface area contributed by atoms with E-state index in [-0.39, 0.29) is 0 Å². The second-order valence-corrected chi connectivity index (χ2v) is 13.2. The first-order valence-electron chi connectivity index (χ1n) is 15.4. The lowest BCUT2D eigenvalue weighted by Crippen LogP contribution is -2.37. The Hall–Kier alpha value is -5.39. The zero-order valence-electron chi connectivity index (χ0n) is 24.1. The van der Waals surface area contributed by atoms with Gasteiger partial charge >= 0.3 is 0 Å². The minimum Gasteiger partial charge on any atom is -0.456 e. The second-order valence-electron chi connectivity index (χ2n) is 12.1. The molecule has 2 aromatic heterocycles. The molecule has 0 amide bonds. The smallest absolute Gasteiger partial charge is 0.198 e. The zero-order valence-corrected chi connectivity index (χ0v) is 24.9. The van der Waals surface area contributed by atoms with Crippen molar-refractivity contribution in [1.29, 1.82) is 0 Å². The highest BCUT2D eigenvalue weighted by Gasteiger charge is 2.31. The summed E-state index contributed by atoms with van der Waals surface area (Å²) < 4.78 is 9.19. The maximum absolute atomic E-state index is 6.68. The summed E-state index contributed by atoms with van der Waals surface area (Å²) in [5, 5.41) is 11.4. The highest BCUT2D eigenvalue weighted by Crippen LogP contribution is 2.50. The van der Waals surface area contributed by atoms with Crippen LogP contribution in [0.25, 0.3) is 71.3 Å². The van der Waals surface area contributed by atoms with E-state index in [1.807, 2.05) is 11.8 Å². The van der Waals surface area contributed by atoms with Gasteiger partial charge in [0.05, 0.1) is 16.9 Å². The maximum atomic E-state index is 6.68. The van der Waals surface area contributed by atoms with Crippen molar-refractivity contribution in [2.75, 3.05) is 5.32 Å². The van der Waals surface area contributed by atoms with E-state index in [0.29, 0.717) is 0 Å². The van der Waals surface area contributed by atoms with Gasteiger partial charge in [0.2, 0.25) is 0 Å². The Morgan fingerprint density at radius 1 is 0.644 bits per heavy atom. The molecular formula is C40H23BN2OS. The van der Waals surface area contributed by atoms with Gasteiger partial charge in [-0.15, -0.1) is 0 Å². The van der Waals surface area contributed by atoms with Crippen LogP contribution >= 0.6 is 11.8 Å². The third-order valence-electron chi connectivity index (χ3n) is 9.78. The van der Waals surface area contributed by atoms with E-state index < -0.39 is 0 Å². The minimum atomic E-state index is 0.846. The van der Waals surface area contributed by atoms with Crippen LogP contribution in [0.4, 0.5) is 11.4 Å². The normalized spacial score (nSPS) is 13.2. The Kier molecular flexibility index (Phi) is 4.60. The van der Waals surface area contributed by atoms with Crippen LogP contribution in [-0.4, -0.2) is 11.8 Å². The van der Waals surface area contributed by atoms with Crippen LogP contribution in [0, 0.1) is 0 Å². The minimum absolute atomic E-state index is 0.846. The van der Waals surface area contributed by atoms with Crippen molar-refractivity contribution in [3.63, 3.8) is 0 Å². The average Bonchev–Trinajstić information content (AvgIpc) is 3.63. The van der Waals surface area contributed by atoms with E-state index in [2.05, 4.69) is 137 Å². The van der Waals surface area contributed by atoms with Crippen molar-refractivity contribution in [2.45, 2.75) is 9.79 Å². The molecule has 0 spiro atoms. The van der Waals surface area contributed by atoms with Crippen LogP contribution in [0.3, 0.4) is 0 Å². The van der Waals surface area contributed by atoms with Crippen LogP contribution in [0.2, 0.25) is 0 Å². The number of nitrogens with one attached hydrogen (secondary N) is 1. The van der Waals surface area contributed by atoms with Gasteiger partial charge in [0.1, 0.15) is 11.2 Å². The number of rotatable bonds is 1. The summed E-state index contributed by atoms with van der Waals surface area (Å²) >= 11 is 1.84. The summed E-state index contributed by atoms with van der Waals surface area (Å²) in [5.74, 6) is 0. The molecule has 9 aromatic rings. The van der Waals surface area contributed by atoms with Gasteiger partial charge < -0.3 is 14.3 Å². The molecule has 0 saturated carbocycles. The van der Waals surface area contributed by atoms with Gasteiger partial charge in [-0.25, -0.2) is 0 Å². The van der Waals surface area contributed by atoms with Crippen molar-refractivity contribution in [2.24, 2.45) is 0 Å². The predicted molar refractivity (Wildman–Crippen MR) is 191 cm³/mol. The third-order valence-corrected chi connectivity index (χ3v) is 10.9. The molecule has 0 aliphatic carbocycles. The SMILES string of the molecule is B1c2c(cc3oc4ccccc4c3c2-c2cccc3c2Nc2ccccc2S3)-n2c3ccc4ccccc4c3c3cccc1c32. The number of para-hydroxylation sites is 4. The lowest BCUT2D eigenvalue weighted by Gasteiger charge is -2.27. The largest absolute Gasteiger partial charge is 0.456 e. The van der Waals surface area contributed by atoms with Gasteiger partial charge in [0, 0.05) is 54.2 Å². The van der Waals surface area contributed by atoms with Gasteiger partial charge in [-0.05, 0) is 52.1 Å². The Morgan fingerprint density at radius 3 is 2.42 bits per heavy atom. The van der Waals surface area contributed by atoms with E-state index in [4.69, 9.17) is 4.42 Å². The highest BCUT2D eigenvalue weighted by molar-refractivity contribution is 7.99. The molecule has 5 heteroatoms. The summed E-state index contributed by atoms with van der Waals surface area (Å²) in [4.78, 5) is 2.49. The maximum Gasteiger partial charge on any atom is 0.198 e. The number of hydrogen-bond donors (Lipinski definition) is 1. The Morgan fingerprint density at radius 2 is 1.44 bits per heavy atom. The first-order chi connectivity index (χ1) is 22.3. The number of anilines is 2. The fourth-order valence-corrected chi connectivity index (χ4v) is 8.97. The standard InChI is InChI=1S/C40H23BN2OS/c1-2-10-23-22(9-1)19-20-29-35(23)26-13-7-14-27-40(26)43(29)30-21-32-36(24-11-3-5-16-31(24)44-32)37(38(30)41-27)25-12-8-18-34-39(25)42-28-15-4-6-17-33(28)45-34/h1-21,41-42H. The topological polar surface area (TPSA) is 30.1 Å². The van der Waals surface area contributed by atoms with Gasteiger partial charge in [-0.2, -0.15) is 0 Å². The second kappa shape index (κ2) is 8.62. The Labute approximate surface area is 263 Å². The quantitative estimate of drug-likeness (QED) is 0.193. The van der Waals surface area contributed by atoms with E-state index in [1.165, 1.54) is 75.5 Å². The number of nitrogens with zero attached hydrogens (tertiary/aromatic N) is 1. The van der Waals surface area contributed by atoms with E-state index in [0.717, 1.165) is 35.2 Å². The molecule has 208 valence electrons. The van der Waals surface area contributed by atoms with Crippen LogP contribution in [0.15, 0.2) is 142 Å².